The number of rotatable bonds is 5. The fourth-order valence-corrected chi connectivity index (χ4v) is 4.05. The minimum absolute atomic E-state index is 0.235. The summed E-state index contributed by atoms with van der Waals surface area (Å²) in [6, 6.07) is 0. The Morgan fingerprint density at radius 1 is 1.19 bits per heavy atom. The van der Waals surface area contributed by atoms with Crippen LogP contribution in [0.4, 0.5) is 0 Å². The van der Waals surface area contributed by atoms with Crippen LogP contribution < -0.4 is 5.73 Å². The number of thiocarbonyl (C=S) groups is 1. The standard InChI is InChI=1S/C17H30N2OS/c1-2-3-5-13-7-9-14(10-8-13)17(20)19-11-4-6-15(12-19)16(18)21/h13-15H,2-12H2,1H3,(H2,18,21). The molecule has 0 radical (unpaired) electrons. The van der Waals surface area contributed by atoms with Crippen molar-refractivity contribution in [1.82, 2.24) is 4.90 Å². The molecule has 2 N–H and O–H groups in total. The third-order valence-corrected chi connectivity index (χ3v) is 5.63. The maximum atomic E-state index is 12.7. The van der Waals surface area contributed by atoms with Crippen LogP contribution >= 0.6 is 12.2 Å². The molecule has 0 aromatic heterocycles. The molecule has 2 aliphatic rings. The quantitative estimate of drug-likeness (QED) is 0.790. The van der Waals surface area contributed by atoms with Gasteiger partial charge in [-0.05, 0) is 44.4 Å². The Bertz CT molecular complexity index is 364. The fraction of sp³-hybridized carbons (Fsp3) is 0.882. The molecule has 1 heterocycles. The van der Waals surface area contributed by atoms with E-state index in [-0.39, 0.29) is 11.8 Å². The summed E-state index contributed by atoms with van der Waals surface area (Å²) in [5.74, 6) is 1.72. The monoisotopic (exact) mass is 310 g/mol. The van der Waals surface area contributed by atoms with Crippen molar-refractivity contribution < 1.29 is 4.79 Å². The van der Waals surface area contributed by atoms with Crippen molar-refractivity contribution in [2.24, 2.45) is 23.5 Å². The Morgan fingerprint density at radius 2 is 1.90 bits per heavy atom. The van der Waals surface area contributed by atoms with E-state index in [0.29, 0.717) is 10.9 Å². The lowest BCUT2D eigenvalue weighted by Gasteiger charge is -2.36. The van der Waals surface area contributed by atoms with Gasteiger partial charge in [0.25, 0.3) is 0 Å². The summed E-state index contributed by atoms with van der Waals surface area (Å²) in [6.07, 6.45) is 10.7. The predicted octanol–water partition coefficient (Wildman–Crippen LogP) is 3.51. The molecule has 1 aliphatic heterocycles. The fourth-order valence-electron chi connectivity index (χ4n) is 3.86. The minimum atomic E-state index is 0.235. The minimum Gasteiger partial charge on any atom is -0.393 e. The van der Waals surface area contributed by atoms with Crippen molar-refractivity contribution in [1.29, 1.82) is 0 Å². The summed E-state index contributed by atoms with van der Waals surface area (Å²) in [5, 5.41) is 0. The first-order valence-corrected chi connectivity index (χ1v) is 9.10. The second-order valence-electron chi connectivity index (χ2n) is 6.89. The van der Waals surface area contributed by atoms with Gasteiger partial charge in [-0.2, -0.15) is 0 Å². The summed E-state index contributed by atoms with van der Waals surface area (Å²) in [6.45, 7) is 3.90. The number of carbonyl (C=O) groups excluding carboxylic acids is 1. The maximum absolute atomic E-state index is 12.7. The van der Waals surface area contributed by atoms with Gasteiger partial charge in [-0.15, -0.1) is 0 Å². The van der Waals surface area contributed by atoms with Crippen LogP contribution in [-0.4, -0.2) is 28.9 Å². The number of unbranched alkanes of at least 4 members (excludes halogenated alkanes) is 1. The van der Waals surface area contributed by atoms with Gasteiger partial charge in [-0.1, -0.05) is 38.4 Å². The molecule has 0 bridgehead atoms. The van der Waals surface area contributed by atoms with Gasteiger partial charge in [0.2, 0.25) is 5.91 Å². The van der Waals surface area contributed by atoms with E-state index in [2.05, 4.69) is 6.92 Å². The van der Waals surface area contributed by atoms with Gasteiger partial charge < -0.3 is 10.6 Å². The highest BCUT2D eigenvalue weighted by Gasteiger charge is 2.32. The van der Waals surface area contributed by atoms with E-state index in [1.807, 2.05) is 4.90 Å². The number of amides is 1. The first-order chi connectivity index (χ1) is 10.1. The lowest BCUT2D eigenvalue weighted by molar-refractivity contribution is -0.138. The van der Waals surface area contributed by atoms with E-state index in [0.717, 1.165) is 44.7 Å². The van der Waals surface area contributed by atoms with Gasteiger partial charge in [-0.25, -0.2) is 0 Å². The van der Waals surface area contributed by atoms with E-state index in [1.165, 1.54) is 32.1 Å². The van der Waals surface area contributed by atoms with Crippen LogP contribution in [-0.2, 0) is 4.79 Å². The Balaban J connectivity index is 1.80. The molecule has 3 nitrogen and oxygen atoms in total. The van der Waals surface area contributed by atoms with Gasteiger partial charge in [0.1, 0.15) is 0 Å². The van der Waals surface area contributed by atoms with Crippen molar-refractivity contribution in [3.8, 4) is 0 Å². The molecule has 1 saturated carbocycles. The molecule has 21 heavy (non-hydrogen) atoms. The Morgan fingerprint density at radius 3 is 2.52 bits per heavy atom. The lowest BCUT2D eigenvalue weighted by atomic mass is 9.79. The molecule has 1 saturated heterocycles. The maximum Gasteiger partial charge on any atom is 0.225 e. The predicted molar refractivity (Wildman–Crippen MR) is 91.1 cm³/mol. The Kier molecular flexibility index (Phi) is 6.46. The van der Waals surface area contributed by atoms with Crippen LogP contribution in [0.3, 0.4) is 0 Å². The zero-order chi connectivity index (χ0) is 15.2. The SMILES string of the molecule is CCCCC1CCC(C(=O)N2CCCC(C(N)=S)C2)CC1. The molecule has 1 atom stereocenters. The second kappa shape index (κ2) is 8.11. The highest BCUT2D eigenvalue weighted by molar-refractivity contribution is 7.80. The summed E-state index contributed by atoms with van der Waals surface area (Å²) >= 11 is 5.11. The van der Waals surface area contributed by atoms with Gasteiger partial charge in [-0.3, -0.25) is 4.79 Å². The molecule has 0 aromatic rings. The van der Waals surface area contributed by atoms with E-state index in [1.54, 1.807) is 0 Å². The van der Waals surface area contributed by atoms with Crippen LogP contribution in [0.2, 0.25) is 0 Å². The molecule has 0 spiro atoms. The smallest absolute Gasteiger partial charge is 0.225 e. The largest absolute Gasteiger partial charge is 0.393 e. The number of carbonyl (C=O) groups is 1. The normalized spacial score (nSPS) is 30.1. The van der Waals surface area contributed by atoms with E-state index < -0.39 is 0 Å². The summed E-state index contributed by atoms with van der Waals surface area (Å²) < 4.78 is 0. The summed E-state index contributed by atoms with van der Waals surface area (Å²) in [4.78, 5) is 15.3. The first kappa shape index (κ1) is 16.7. The van der Waals surface area contributed by atoms with Crippen molar-refractivity contribution in [2.75, 3.05) is 13.1 Å². The Labute approximate surface area is 134 Å². The molecular weight excluding hydrogens is 280 g/mol. The van der Waals surface area contributed by atoms with Gasteiger partial charge in [0, 0.05) is 24.9 Å². The van der Waals surface area contributed by atoms with Crippen LogP contribution in [0.25, 0.3) is 0 Å². The number of hydrogen-bond donors (Lipinski definition) is 1. The summed E-state index contributed by atoms with van der Waals surface area (Å²) in [7, 11) is 0. The zero-order valence-electron chi connectivity index (χ0n) is 13.4. The van der Waals surface area contributed by atoms with E-state index >= 15 is 0 Å². The number of likely N-dealkylation sites (tertiary alicyclic amines) is 1. The van der Waals surface area contributed by atoms with Crippen LogP contribution in [0, 0.1) is 17.8 Å². The average Bonchev–Trinajstić information content (AvgIpc) is 2.53. The van der Waals surface area contributed by atoms with Crippen molar-refractivity contribution in [2.45, 2.75) is 64.7 Å². The third kappa shape index (κ3) is 4.67. The highest BCUT2D eigenvalue weighted by atomic mass is 32.1. The summed E-state index contributed by atoms with van der Waals surface area (Å²) in [5.41, 5.74) is 5.77. The third-order valence-electron chi connectivity index (χ3n) is 5.30. The van der Waals surface area contributed by atoms with Gasteiger partial charge in [0.15, 0.2) is 0 Å². The molecule has 1 aliphatic carbocycles. The lowest BCUT2D eigenvalue weighted by Crippen LogP contribution is -2.46. The first-order valence-electron chi connectivity index (χ1n) is 8.70. The molecule has 4 heteroatoms. The number of nitrogens with zero attached hydrogens (tertiary/aromatic N) is 1. The molecule has 2 fully saturated rings. The average molecular weight is 311 g/mol. The Hall–Kier alpha value is -0.640. The number of piperidine rings is 1. The van der Waals surface area contributed by atoms with Gasteiger partial charge in [0.05, 0.1) is 4.99 Å². The van der Waals surface area contributed by atoms with Crippen LogP contribution in [0.5, 0.6) is 0 Å². The molecule has 120 valence electrons. The molecular formula is C17H30N2OS. The topological polar surface area (TPSA) is 46.3 Å². The van der Waals surface area contributed by atoms with Crippen molar-refractivity contribution in [3.05, 3.63) is 0 Å². The van der Waals surface area contributed by atoms with Crippen LogP contribution in [0.15, 0.2) is 0 Å². The van der Waals surface area contributed by atoms with Gasteiger partial charge >= 0.3 is 0 Å². The van der Waals surface area contributed by atoms with E-state index in [9.17, 15) is 4.79 Å². The molecule has 1 amide bonds. The van der Waals surface area contributed by atoms with Crippen LogP contribution in [0.1, 0.15) is 64.7 Å². The zero-order valence-corrected chi connectivity index (χ0v) is 14.2. The van der Waals surface area contributed by atoms with E-state index in [4.69, 9.17) is 18.0 Å². The van der Waals surface area contributed by atoms with Crippen molar-refractivity contribution in [3.63, 3.8) is 0 Å². The molecule has 1 unspecified atom stereocenters. The second-order valence-corrected chi connectivity index (χ2v) is 7.36. The van der Waals surface area contributed by atoms with Crippen molar-refractivity contribution >= 4 is 23.1 Å². The number of hydrogen-bond acceptors (Lipinski definition) is 2. The molecule has 2 rings (SSSR count). The number of nitrogens with two attached hydrogens (primary N) is 1. The molecule has 0 aromatic carbocycles. The highest BCUT2D eigenvalue weighted by Crippen LogP contribution is 2.33.